The molecule has 4 heteroatoms. The maximum Gasteiger partial charge on any atom is 0.290 e. The molecule has 1 aromatic heterocycles. The van der Waals surface area contributed by atoms with Crippen molar-refractivity contribution in [2.45, 2.75) is 59.2 Å². The summed E-state index contributed by atoms with van der Waals surface area (Å²) >= 11 is 0. The van der Waals surface area contributed by atoms with Crippen LogP contribution in [0.4, 0.5) is 0 Å². The number of ether oxygens (including phenoxy) is 1. The largest absolute Gasteiger partial charge is 0.485 e. The van der Waals surface area contributed by atoms with E-state index in [2.05, 4.69) is 13.0 Å². The van der Waals surface area contributed by atoms with Crippen molar-refractivity contribution in [2.24, 2.45) is 0 Å². The summed E-state index contributed by atoms with van der Waals surface area (Å²) in [4.78, 5) is 14.6. The summed E-state index contributed by atoms with van der Waals surface area (Å²) in [6.07, 6.45) is 2.18. The normalized spacial score (nSPS) is 14.0. The third kappa shape index (κ3) is 3.64. The summed E-state index contributed by atoms with van der Waals surface area (Å²) in [5.41, 5.74) is 2.30. The molecule has 2 aromatic rings. The highest BCUT2D eigenvalue weighted by Gasteiger charge is 2.35. The number of carbonyl (C=O) groups is 1. The molecule has 0 N–H and O–H groups in total. The van der Waals surface area contributed by atoms with Crippen LogP contribution in [0.15, 0.2) is 34.7 Å². The van der Waals surface area contributed by atoms with Gasteiger partial charge < -0.3 is 14.1 Å². The molecular formula is C20H25NO3. The first-order valence-corrected chi connectivity index (χ1v) is 8.57. The number of furan rings is 1. The molecule has 1 fully saturated rings. The zero-order chi connectivity index (χ0) is 17.3. The van der Waals surface area contributed by atoms with Crippen LogP contribution in [0.3, 0.4) is 0 Å². The molecule has 0 unspecified atom stereocenters. The van der Waals surface area contributed by atoms with Gasteiger partial charge in [0.15, 0.2) is 5.76 Å². The summed E-state index contributed by atoms with van der Waals surface area (Å²) in [5.74, 6) is 1.88. The SMILES string of the molecule is Cc1ccc(OCc2ccc(C(=O)N(C(C)C)C3CC3)o2)c(C)c1. The monoisotopic (exact) mass is 327 g/mol. The highest BCUT2D eigenvalue weighted by molar-refractivity contribution is 5.92. The van der Waals surface area contributed by atoms with Crippen LogP contribution in [-0.4, -0.2) is 22.9 Å². The van der Waals surface area contributed by atoms with E-state index in [-0.39, 0.29) is 11.9 Å². The van der Waals surface area contributed by atoms with Gasteiger partial charge in [0.05, 0.1) is 0 Å². The van der Waals surface area contributed by atoms with E-state index in [4.69, 9.17) is 9.15 Å². The molecule has 0 atom stereocenters. The van der Waals surface area contributed by atoms with Crippen LogP contribution < -0.4 is 4.74 Å². The van der Waals surface area contributed by atoms with Crippen molar-refractivity contribution in [3.8, 4) is 5.75 Å². The maximum absolute atomic E-state index is 12.6. The molecule has 0 spiro atoms. The summed E-state index contributed by atoms with van der Waals surface area (Å²) in [7, 11) is 0. The highest BCUT2D eigenvalue weighted by atomic mass is 16.5. The molecule has 1 aliphatic carbocycles. The molecule has 3 rings (SSSR count). The van der Waals surface area contributed by atoms with Crippen molar-refractivity contribution in [2.75, 3.05) is 0 Å². The van der Waals surface area contributed by atoms with Crippen LogP contribution >= 0.6 is 0 Å². The van der Waals surface area contributed by atoms with Gasteiger partial charge in [-0.3, -0.25) is 4.79 Å². The van der Waals surface area contributed by atoms with E-state index in [1.807, 2.05) is 43.9 Å². The number of nitrogens with zero attached hydrogens (tertiary/aromatic N) is 1. The van der Waals surface area contributed by atoms with Crippen molar-refractivity contribution in [1.29, 1.82) is 0 Å². The van der Waals surface area contributed by atoms with Gasteiger partial charge in [0, 0.05) is 12.1 Å². The van der Waals surface area contributed by atoms with E-state index in [1.165, 1.54) is 5.56 Å². The Morgan fingerprint density at radius 3 is 2.62 bits per heavy atom. The summed E-state index contributed by atoms with van der Waals surface area (Å²) in [5, 5.41) is 0. The zero-order valence-electron chi connectivity index (χ0n) is 14.8. The van der Waals surface area contributed by atoms with Gasteiger partial charge in [-0.15, -0.1) is 0 Å². The summed E-state index contributed by atoms with van der Waals surface area (Å²) in [6.45, 7) is 8.49. The first-order valence-electron chi connectivity index (χ1n) is 8.57. The third-order valence-corrected chi connectivity index (χ3v) is 4.30. The highest BCUT2D eigenvalue weighted by Crippen LogP contribution is 2.30. The van der Waals surface area contributed by atoms with Gasteiger partial charge in [-0.2, -0.15) is 0 Å². The Morgan fingerprint density at radius 1 is 1.25 bits per heavy atom. The lowest BCUT2D eigenvalue weighted by Gasteiger charge is -2.25. The fraction of sp³-hybridized carbons (Fsp3) is 0.450. The Labute approximate surface area is 143 Å². The van der Waals surface area contributed by atoms with Crippen LogP contribution in [0.25, 0.3) is 0 Å². The molecule has 0 aliphatic heterocycles. The van der Waals surface area contributed by atoms with E-state index in [1.54, 1.807) is 6.07 Å². The maximum atomic E-state index is 12.6. The predicted octanol–water partition coefficient (Wildman–Crippen LogP) is 4.49. The molecule has 0 bridgehead atoms. The molecular weight excluding hydrogens is 302 g/mol. The van der Waals surface area contributed by atoms with E-state index < -0.39 is 0 Å². The van der Waals surface area contributed by atoms with Gasteiger partial charge in [-0.25, -0.2) is 0 Å². The lowest BCUT2D eigenvalue weighted by molar-refractivity contribution is 0.0653. The molecule has 128 valence electrons. The molecule has 24 heavy (non-hydrogen) atoms. The Kier molecular flexibility index (Phi) is 4.65. The molecule has 0 saturated heterocycles. The zero-order valence-corrected chi connectivity index (χ0v) is 14.8. The Balaban J connectivity index is 1.65. The smallest absolute Gasteiger partial charge is 0.290 e. The van der Waals surface area contributed by atoms with Crippen molar-refractivity contribution < 1.29 is 13.9 Å². The second-order valence-electron chi connectivity index (χ2n) is 6.86. The van der Waals surface area contributed by atoms with Crippen molar-refractivity contribution in [1.82, 2.24) is 4.90 Å². The lowest BCUT2D eigenvalue weighted by Crippen LogP contribution is -2.38. The van der Waals surface area contributed by atoms with Crippen LogP contribution in [0.1, 0.15) is 54.1 Å². The van der Waals surface area contributed by atoms with Gasteiger partial charge in [0.25, 0.3) is 5.91 Å². The van der Waals surface area contributed by atoms with Crippen LogP contribution in [0.2, 0.25) is 0 Å². The topological polar surface area (TPSA) is 42.7 Å². The number of aryl methyl sites for hydroxylation is 2. The van der Waals surface area contributed by atoms with Gasteiger partial charge in [-0.05, 0) is 64.3 Å². The molecule has 1 heterocycles. The van der Waals surface area contributed by atoms with Crippen LogP contribution in [0, 0.1) is 13.8 Å². The fourth-order valence-corrected chi connectivity index (χ4v) is 2.98. The Morgan fingerprint density at radius 2 is 2.00 bits per heavy atom. The minimum atomic E-state index is -0.0229. The lowest BCUT2D eigenvalue weighted by atomic mass is 10.1. The number of rotatable bonds is 6. The second kappa shape index (κ2) is 6.71. The second-order valence-corrected chi connectivity index (χ2v) is 6.86. The molecule has 1 amide bonds. The average molecular weight is 327 g/mol. The molecule has 0 radical (unpaired) electrons. The molecule has 1 aromatic carbocycles. The number of benzene rings is 1. The third-order valence-electron chi connectivity index (χ3n) is 4.30. The van der Waals surface area contributed by atoms with Crippen molar-refractivity contribution in [3.05, 3.63) is 53.0 Å². The van der Waals surface area contributed by atoms with E-state index in [0.717, 1.165) is 24.2 Å². The van der Waals surface area contributed by atoms with Crippen molar-refractivity contribution in [3.63, 3.8) is 0 Å². The van der Waals surface area contributed by atoms with Gasteiger partial charge >= 0.3 is 0 Å². The Hall–Kier alpha value is -2.23. The number of hydrogen-bond donors (Lipinski definition) is 0. The van der Waals surface area contributed by atoms with E-state index in [9.17, 15) is 4.79 Å². The first kappa shape index (κ1) is 16.6. The average Bonchev–Trinajstić information content (AvgIpc) is 3.22. The van der Waals surface area contributed by atoms with Gasteiger partial charge in [-0.1, -0.05) is 17.7 Å². The molecule has 4 nitrogen and oxygen atoms in total. The van der Waals surface area contributed by atoms with Crippen molar-refractivity contribution >= 4 is 5.91 Å². The number of hydrogen-bond acceptors (Lipinski definition) is 3. The van der Waals surface area contributed by atoms with Crippen LogP contribution in [-0.2, 0) is 6.61 Å². The fourth-order valence-electron chi connectivity index (χ4n) is 2.98. The van der Waals surface area contributed by atoms with Gasteiger partial charge in [0.1, 0.15) is 18.1 Å². The first-order chi connectivity index (χ1) is 11.5. The number of carbonyl (C=O) groups excluding carboxylic acids is 1. The standard InChI is InChI=1S/C20H25NO3/c1-13(2)21(16-6-7-16)20(22)19-10-8-17(24-19)12-23-18-9-5-14(3)11-15(18)4/h5,8-11,13,16H,6-7,12H2,1-4H3. The Bertz CT molecular complexity index is 726. The van der Waals surface area contributed by atoms with Gasteiger partial charge in [0.2, 0.25) is 0 Å². The predicted molar refractivity (Wildman–Crippen MR) is 93.3 cm³/mol. The van der Waals surface area contributed by atoms with Crippen LogP contribution in [0.5, 0.6) is 5.75 Å². The number of amides is 1. The summed E-state index contributed by atoms with van der Waals surface area (Å²) in [6, 6.07) is 10.2. The molecule has 1 saturated carbocycles. The minimum absolute atomic E-state index is 0.0229. The molecule has 1 aliphatic rings. The summed E-state index contributed by atoms with van der Waals surface area (Å²) < 4.78 is 11.5. The minimum Gasteiger partial charge on any atom is -0.485 e. The van der Waals surface area contributed by atoms with E-state index in [0.29, 0.717) is 24.2 Å². The van der Waals surface area contributed by atoms with E-state index >= 15 is 0 Å². The quantitative estimate of drug-likeness (QED) is 0.785.